The Balaban J connectivity index is 0.636. The molecule has 0 nitrogen and oxygen atoms in total. The molecule has 34 atom stereocenters. The average molecular weight is 609 g/mol. The summed E-state index contributed by atoms with van der Waals surface area (Å²) in [6, 6.07) is 0. The van der Waals surface area contributed by atoms with E-state index in [9.17, 15) is 0 Å². The molecule has 0 heteroatoms. The van der Waals surface area contributed by atoms with Gasteiger partial charge in [-0.25, -0.2) is 0 Å². The Morgan fingerprint density at radius 1 is 0.191 bits per heavy atom. The van der Waals surface area contributed by atoms with Crippen LogP contribution in [0, 0.1) is 251 Å². The summed E-state index contributed by atoms with van der Waals surface area (Å²) in [5.74, 6) is 48.4. The molecule has 0 heterocycles. The molecule has 232 valence electrons. The summed E-state index contributed by atoms with van der Waals surface area (Å²) in [7, 11) is 0. The van der Waals surface area contributed by atoms with Crippen LogP contribution in [0.4, 0.5) is 0 Å². The molecule has 47 heavy (non-hydrogen) atoms. The van der Waals surface area contributed by atoms with Gasteiger partial charge in [0.05, 0.1) is 0 Å². The van der Waals surface area contributed by atoms with Gasteiger partial charge in [0.2, 0.25) is 0 Å². The highest BCUT2D eigenvalue weighted by Gasteiger charge is 3.33. The SMILES string of the molecule is C1CC2C1C1C2C2C1C1C2C2C1C1C2C2C1C1C2C2C3C1C1C4C5C6C7C8C9C%10CCC%11C%10C9%10C%11C9C%11C%12C%13C%14C2C31C4%14C5%13C6%12C7%11C89%10. The summed E-state index contributed by atoms with van der Waals surface area (Å²) in [6.07, 6.45) is 6.78. The van der Waals surface area contributed by atoms with Crippen LogP contribution in [-0.2, 0) is 0 Å². The van der Waals surface area contributed by atoms with E-state index in [4.69, 9.17) is 0 Å². The Hall–Kier alpha value is 0. The van der Waals surface area contributed by atoms with Crippen LogP contribution in [0.25, 0.3) is 0 Å². The first-order chi connectivity index (χ1) is 23.4. The fraction of sp³-hybridized carbons (Fsp3) is 1.00. The van der Waals surface area contributed by atoms with E-state index < -0.39 is 0 Å². The predicted octanol–water partition coefficient (Wildman–Crippen LogP) is 5.99. The lowest BCUT2D eigenvalue weighted by atomic mass is 8.69. The zero-order valence-electron chi connectivity index (χ0n) is 27.1. The van der Waals surface area contributed by atoms with Gasteiger partial charge in [0.1, 0.15) is 0 Å². The Kier molecular flexibility index (Phi) is 1.60. The van der Waals surface area contributed by atoms with E-state index in [1.807, 2.05) is 0 Å². The summed E-state index contributed by atoms with van der Waals surface area (Å²) in [5.41, 5.74) is 7.62. The minimum Gasteiger partial charge on any atom is -0.0496 e. The van der Waals surface area contributed by atoms with E-state index in [1.165, 1.54) is 213 Å². The lowest BCUT2D eigenvalue weighted by Crippen LogP contribution is -3.32. The molecular formula is C47H44. The number of fused-ring (bicyclic) bond motifs is 40. The van der Waals surface area contributed by atoms with E-state index in [2.05, 4.69) is 0 Å². The van der Waals surface area contributed by atoms with Crippen molar-refractivity contribution >= 4 is 0 Å². The van der Waals surface area contributed by atoms with Crippen molar-refractivity contribution in [3.05, 3.63) is 0 Å². The van der Waals surface area contributed by atoms with Crippen molar-refractivity contribution in [2.24, 2.45) is 251 Å². The highest BCUT2D eigenvalue weighted by molar-refractivity contribution is 5.79. The molecule has 0 aromatic rings. The standard InChI is InChI=1S/C47H44/c1-2-6-5(1)9-10(6)12-11(9)13-14(12)16-15(13)17-18(16)20-19(17)21-22(20)24-28-23(21)29-33-37-39-35-31-26-7-3-4-8-25(7)41(26)27(8)32-36-40-38-34-30(24)42(28,29)44(33,34)46(37,38)47(39,40)45(35,36)43(31,32)41/h5-40H,1-4H2. The first-order valence-corrected chi connectivity index (χ1v) is 23.4. The monoisotopic (exact) mass is 608 g/mol. The van der Waals surface area contributed by atoms with Crippen molar-refractivity contribution in [2.75, 3.05) is 0 Å². The smallest absolute Gasteiger partial charge is 0.00932 e. The van der Waals surface area contributed by atoms with Gasteiger partial charge in [0.15, 0.2) is 0 Å². The number of hydrogen-bond donors (Lipinski definition) is 0. The molecule has 34 unspecified atom stereocenters. The zero-order chi connectivity index (χ0) is 27.1. The summed E-state index contributed by atoms with van der Waals surface area (Å²) in [5, 5.41) is 0. The van der Waals surface area contributed by atoms with Crippen LogP contribution in [0.3, 0.4) is 0 Å². The second-order valence-electron chi connectivity index (χ2n) is 27.7. The molecule has 26 saturated carbocycles. The quantitative estimate of drug-likeness (QED) is 0.297. The van der Waals surface area contributed by atoms with Gasteiger partial charge in [-0.3, -0.25) is 0 Å². The van der Waals surface area contributed by atoms with Gasteiger partial charge in [-0.2, -0.15) is 0 Å². The van der Waals surface area contributed by atoms with Crippen molar-refractivity contribution in [1.29, 1.82) is 0 Å². The first-order valence-electron chi connectivity index (χ1n) is 23.4. The lowest BCUT2D eigenvalue weighted by molar-refractivity contribution is -0.886. The van der Waals surface area contributed by atoms with Gasteiger partial charge in [0.25, 0.3) is 0 Å². The molecule has 0 amide bonds. The Morgan fingerprint density at radius 2 is 0.489 bits per heavy atom. The van der Waals surface area contributed by atoms with Crippen LogP contribution in [0.5, 0.6) is 0 Å². The molecule has 0 aromatic heterocycles. The molecule has 0 N–H and O–H groups in total. The number of hydrogen-bond acceptors (Lipinski definition) is 0. The highest BCUT2D eigenvalue weighted by Crippen LogP contribution is 3.35. The van der Waals surface area contributed by atoms with Gasteiger partial charge >= 0.3 is 0 Å². The van der Waals surface area contributed by atoms with Gasteiger partial charge in [-0.15, -0.1) is 0 Å². The van der Waals surface area contributed by atoms with Gasteiger partial charge in [-0.1, -0.05) is 0 Å². The van der Waals surface area contributed by atoms with Crippen molar-refractivity contribution in [3.8, 4) is 0 Å². The largest absolute Gasteiger partial charge is 0.0496 e. The van der Waals surface area contributed by atoms with Gasteiger partial charge in [0, 0.05) is 0 Å². The van der Waals surface area contributed by atoms with Crippen LogP contribution >= 0.6 is 0 Å². The molecular weight excluding hydrogens is 565 g/mol. The molecule has 26 fully saturated rings. The second-order valence-corrected chi connectivity index (χ2v) is 27.7. The van der Waals surface area contributed by atoms with E-state index >= 15 is 0 Å². The van der Waals surface area contributed by atoms with E-state index in [-0.39, 0.29) is 0 Å². The molecule has 7 spiro atoms. The lowest BCUT2D eigenvalue weighted by Gasteiger charge is -3.34. The molecule has 0 bridgehead atoms. The average Bonchev–Trinajstić information content (AvgIpc) is 3.33. The first kappa shape index (κ1) is 19.2. The highest BCUT2D eigenvalue weighted by atomic mass is 15.4. The van der Waals surface area contributed by atoms with Crippen LogP contribution in [-0.4, -0.2) is 0 Å². The number of rotatable bonds is 0. The van der Waals surface area contributed by atoms with Gasteiger partial charge < -0.3 is 0 Å². The van der Waals surface area contributed by atoms with Crippen LogP contribution < -0.4 is 0 Å². The van der Waals surface area contributed by atoms with Crippen molar-refractivity contribution in [2.45, 2.75) is 25.7 Å². The van der Waals surface area contributed by atoms with Crippen LogP contribution in [0.2, 0.25) is 0 Å². The van der Waals surface area contributed by atoms with E-state index in [0.29, 0.717) is 0 Å². The third-order valence-corrected chi connectivity index (χ3v) is 33.4. The van der Waals surface area contributed by atoms with Crippen molar-refractivity contribution < 1.29 is 0 Å². The van der Waals surface area contributed by atoms with Crippen LogP contribution in [0.1, 0.15) is 25.7 Å². The Labute approximate surface area is 275 Å². The minimum absolute atomic E-state index is 1.08. The molecule has 26 rings (SSSR count). The van der Waals surface area contributed by atoms with Crippen LogP contribution in [0.15, 0.2) is 0 Å². The fourth-order valence-corrected chi connectivity index (χ4v) is 37.5. The Morgan fingerprint density at radius 3 is 0.915 bits per heavy atom. The minimum atomic E-state index is 1.08. The molecule has 0 radical (unpaired) electrons. The summed E-state index contributed by atoms with van der Waals surface area (Å²) < 4.78 is 0. The zero-order valence-corrected chi connectivity index (χ0v) is 27.1. The maximum atomic E-state index is 1.72. The third kappa shape index (κ3) is 0.789. The molecule has 26 aliphatic rings. The molecule has 0 saturated heterocycles. The fourth-order valence-electron chi connectivity index (χ4n) is 37.5. The second kappa shape index (κ2) is 3.93. The maximum Gasteiger partial charge on any atom is -0.00932 e. The topological polar surface area (TPSA) is 0 Å². The normalized spacial score (nSPS) is 113. The van der Waals surface area contributed by atoms with Crippen molar-refractivity contribution in [1.82, 2.24) is 0 Å². The van der Waals surface area contributed by atoms with Crippen molar-refractivity contribution in [3.63, 3.8) is 0 Å². The van der Waals surface area contributed by atoms with E-state index in [1.54, 1.807) is 25.7 Å². The predicted molar refractivity (Wildman–Crippen MR) is 161 cm³/mol. The maximum absolute atomic E-state index is 1.72. The van der Waals surface area contributed by atoms with E-state index in [0.717, 1.165) is 37.9 Å². The molecule has 26 aliphatic carbocycles. The molecule has 0 aromatic carbocycles. The molecule has 0 aliphatic heterocycles. The third-order valence-electron chi connectivity index (χ3n) is 33.4. The summed E-state index contributed by atoms with van der Waals surface area (Å²) >= 11 is 0. The summed E-state index contributed by atoms with van der Waals surface area (Å²) in [4.78, 5) is 0. The van der Waals surface area contributed by atoms with Gasteiger partial charge in [-0.05, 0) is 277 Å². The Bertz CT molecular complexity index is 2100. The summed E-state index contributed by atoms with van der Waals surface area (Å²) in [6.45, 7) is 0.